The Morgan fingerprint density at radius 1 is 1.64 bits per heavy atom. The first-order valence-corrected chi connectivity index (χ1v) is 5.80. The number of hydrogen-bond acceptors (Lipinski definition) is 4. The summed E-state index contributed by atoms with van der Waals surface area (Å²) in [6.45, 7) is 4.04. The van der Waals surface area contributed by atoms with Gasteiger partial charge in [-0.1, -0.05) is 0 Å². The molecule has 1 aromatic heterocycles. The Balaban J connectivity index is 1.62. The minimum Gasteiger partial charge on any atom is -0.374 e. The number of thiophene rings is 1. The molecule has 78 valence electrons. The summed E-state index contributed by atoms with van der Waals surface area (Å²) in [5, 5.41) is 7.45. The van der Waals surface area contributed by atoms with E-state index in [1.807, 2.05) is 0 Å². The largest absolute Gasteiger partial charge is 0.374 e. The first kappa shape index (κ1) is 10.1. The van der Waals surface area contributed by atoms with Crippen molar-refractivity contribution in [2.75, 3.05) is 26.3 Å². The molecule has 1 aromatic rings. The van der Waals surface area contributed by atoms with Crippen LogP contribution in [0, 0.1) is 0 Å². The average Bonchev–Trinajstić information content (AvgIpc) is 2.72. The maximum Gasteiger partial charge on any atom is 0.0933 e. The fraction of sp³-hybridized carbons (Fsp3) is 0.600. The Hall–Kier alpha value is -0.420. The normalized spacial score (nSPS) is 22.4. The lowest BCUT2D eigenvalue weighted by atomic mass is 10.3. The Morgan fingerprint density at radius 3 is 3.36 bits per heavy atom. The van der Waals surface area contributed by atoms with E-state index >= 15 is 0 Å². The Bertz CT molecular complexity index is 245. The molecule has 1 saturated heterocycles. The van der Waals surface area contributed by atoms with Gasteiger partial charge < -0.3 is 14.8 Å². The predicted molar refractivity (Wildman–Crippen MR) is 56.6 cm³/mol. The standard InChI is InChI=1S/C10H15NO2S/c1-4-14-8-9(1)6-12-7-10-5-11-2-3-13-10/h1,4,8,10-11H,2-3,5-7H2. The van der Waals surface area contributed by atoms with Crippen LogP contribution in [0.3, 0.4) is 0 Å². The molecule has 0 saturated carbocycles. The Morgan fingerprint density at radius 2 is 2.64 bits per heavy atom. The zero-order valence-corrected chi connectivity index (χ0v) is 8.89. The lowest BCUT2D eigenvalue weighted by Gasteiger charge is -2.23. The molecule has 1 atom stereocenters. The Labute approximate surface area is 88.0 Å². The molecule has 4 heteroatoms. The number of ether oxygens (including phenoxy) is 2. The molecule has 0 amide bonds. The van der Waals surface area contributed by atoms with Crippen molar-refractivity contribution >= 4 is 11.3 Å². The second kappa shape index (κ2) is 5.46. The van der Waals surface area contributed by atoms with E-state index in [4.69, 9.17) is 9.47 Å². The van der Waals surface area contributed by atoms with Gasteiger partial charge in [0.25, 0.3) is 0 Å². The third-order valence-corrected chi connectivity index (χ3v) is 2.89. The van der Waals surface area contributed by atoms with Crippen LogP contribution in [0.15, 0.2) is 16.8 Å². The highest BCUT2D eigenvalue weighted by Crippen LogP contribution is 2.07. The van der Waals surface area contributed by atoms with Crippen molar-refractivity contribution in [3.05, 3.63) is 22.4 Å². The number of hydrogen-bond donors (Lipinski definition) is 1. The molecule has 1 N–H and O–H groups in total. The number of nitrogens with one attached hydrogen (secondary N) is 1. The second-order valence-electron chi connectivity index (χ2n) is 3.34. The minimum absolute atomic E-state index is 0.224. The van der Waals surface area contributed by atoms with Crippen LogP contribution in [-0.2, 0) is 16.1 Å². The Kier molecular flexibility index (Phi) is 3.94. The average molecular weight is 213 g/mol. The maximum absolute atomic E-state index is 5.56. The summed E-state index contributed by atoms with van der Waals surface area (Å²) < 4.78 is 11.1. The van der Waals surface area contributed by atoms with E-state index in [2.05, 4.69) is 22.1 Å². The van der Waals surface area contributed by atoms with E-state index in [1.165, 1.54) is 5.56 Å². The molecule has 2 heterocycles. The van der Waals surface area contributed by atoms with Crippen LogP contribution in [0.1, 0.15) is 5.56 Å². The van der Waals surface area contributed by atoms with Crippen LogP contribution >= 0.6 is 11.3 Å². The van der Waals surface area contributed by atoms with Gasteiger partial charge in [0, 0.05) is 13.1 Å². The maximum atomic E-state index is 5.56. The van der Waals surface area contributed by atoms with E-state index < -0.39 is 0 Å². The van der Waals surface area contributed by atoms with E-state index in [9.17, 15) is 0 Å². The minimum atomic E-state index is 0.224. The molecule has 1 unspecified atom stereocenters. The van der Waals surface area contributed by atoms with Gasteiger partial charge >= 0.3 is 0 Å². The van der Waals surface area contributed by atoms with Gasteiger partial charge in [0.05, 0.1) is 25.9 Å². The van der Waals surface area contributed by atoms with Gasteiger partial charge in [-0.25, -0.2) is 0 Å². The van der Waals surface area contributed by atoms with Crippen LogP contribution in [-0.4, -0.2) is 32.4 Å². The lowest BCUT2D eigenvalue weighted by Crippen LogP contribution is -2.40. The van der Waals surface area contributed by atoms with Gasteiger partial charge in [-0.15, -0.1) is 0 Å². The molecule has 3 nitrogen and oxygen atoms in total. The second-order valence-corrected chi connectivity index (χ2v) is 4.12. The van der Waals surface area contributed by atoms with Gasteiger partial charge in [0.1, 0.15) is 0 Å². The molecule has 1 fully saturated rings. The van der Waals surface area contributed by atoms with Gasteiger partial charge in [-0.3, -0.25) is 0 Å². The molecule has 1 aliphatic rings. The van der Waals surface area contributed by atoms with Gasteiger partial charge in [-0.05, 0) is 22.4 Å². The van der Waals surface area contributed by atoms with Gasteiger partial charge in [0.2, 0.25) is 0 Å². The van der Waals surface area contributed by atoms with Crippen LogP contribution < -0.4 is 5.32 Å². The van der Waals surface area contributed by atoms with Crippen LogP contribution in [0.4, 0.5) is 0 Å². The van der Waals surface area contributed by atoms with Gasteiger partial charge in [0.15, 0.2) is 0 Å². The summed E-state index contributed by atoms with van der Waals surface area (Å²) in [5.41, 5.74) is 1.25. The molecule has 0 radical (unpaired) electrons. The quantitative estimate of drug-likeness (QED) is 0.816. The first-order chi connectivity index (χ1) is 6.95. The molecular formula is C10H15NO2S. The zero-order chi connectivity index (χ0) is 9.64. The van der Waals surface area contributed by atoms with Crippen molar-refractivity contribution in [3.8, 4) is 0 Å². The molecular weight excluding hydrogens is 198 g/mol. The van der Waals surface area contributed by atoms with Gasteiger partial charge in [-0.2, -0.15) is 11.3 Å². The predicted octanol–water partition coefficient (Wildman–Crippen LogP) is 1.25. The molecule has 0 aliphatic carbocycles. The van der Waals surface area contributed by atoms with Crippen molar-refractivity contribution in [2.24, 2.45) is 0 Å². The van der Waals surface area contributed by atoms with E-state index in [-0.39, 0.29) is 6.10 Å². The topological polar surface area (TPSA) is 30.5 Å². The molecule has 2 rings (SSSR count). The highest BCUT2D eigenvalue weighted by atomic mass is 32.1. The van der Waals surface area contributed by atoms with Crippen molar-refractivity contribution < 1.29 is 9.47 Å². The first-order valence-electron chi connectivity index (χ1n) is 4.86. The van der Waals surface area contributed by atoms with Crippen molar-refractivity contribution in [2.45, 2.75) is 12.7 Å². The van der Waals surface area contributed by atoms with E-state index in [0.717, 1.165) is 19.7 Å². The summed E-state index contributed by atoms with van der Waals surface area (Å²) >= 11 is 1.70. The molecule has 1 aliphatic heterocycles. The van der Waals surface area contributed by atoms with Crippen LogP contribution in [0.25, 0.3) is 0 Å². The monoisotopic (exact) mass is 213 g/mol. The van der Waals surface area contributed by atoms with Crippen molar-refractivity contribution in [1.29, 1.82) is 0 Å². The SMILES string of the molecule is c1cc(COCC2CNCCO2)cs1. The van der Waals surface area contributed by atoms with E-state index in [0.29, 0.717) is 13.2 Å². The smallest absolute Gasteiger partial charge is 0.0933 e. The number of morpholine rings is 1. The van der Waals surface area contributed by atoms with Crippen LogP contribution in [0.2, 0.25) is 0 Å². The fourth-order valence-corrected chi connectivity index (χ4v) is 2.06. The van der Waals surface area contributed by atoms with E-state index in [1.54, 1.807) is 11.3 Å². The molecule has 0 aromatic carbocycles. The molecule has 0 bridgehead atoms. The number of rotatable bonds is 4. The highest BCUT2D eigenvalue weighted by molar-refractivity contribution is 7.07. The summed E-state index contributed by atoms with van der Waals surface area (Å²) in [5.74, 6) is 0. The van der Waals surface area contributed by atoms with Crippen LogP contribution in [0.5, 0.6) is 0 Å². The third-order valence-electron chi connectivity index (χ3n) is 2.16. The zero-order valence-electron chi connectivity index (χ0n) is 8.07. The molecule has 14 heavy (non-hydrogen) atoms. The van der Waals surface area contributed by atoms with Crippen molar-refractivity contribution in [3.63, 3.8) is 0 Å². The highest BCUT2D eigenvalue weighted by Gasteiger charge is 2.12. The lowest BCUT2D eigenvalue weighted by molar-refractivity contribution is -0.0357. The third kappa shape index (κ3) is 3.06. The summed E-state index contributed by atoms with van der Waals surface area (Å²) in [6.07, 6.45) is 0.224. The molecule has 0 spiro atoms. The summed E-state index contributed by atoms with van der Waals surface area (Å²) in [4.78, 5) is 0. The summed E-state index contributed by atoms with van der Waals surface area (Å²) in [7, 11) is 0. The fourth-order valence-electron chi connectivity index (χ4n) is 1.41. The summed E-state index contributed by atoms with van der Waals surface area (Å²) in [6, 6.07) is 2.09. The van der Waals surface area contributed by atoms with Crippen molar-refractivity contribution in [1.82, 2.24) is 5.32 Å².